The van der Waals surface area contributed by atoms with Gasteiger partial charge in [0.2, 0.25) is 0 Å². The van der Waals surface area contributed by atoms with Crippen LogP contribution in [0.25, 0.3) is 0 Å². The van der Waals surface area contributed by atoms with Gasteiger partial charge in [-0.05, 0) is 59.2 Å². The lowest BCUT2D eigenvalue weighted by molar-refractivity contribution is -0.152. The van der Waals surface area contributed by atoms with Gasteiger partial charge < -0.3 is 9.84 Å². The number of benzene rings is 1. The van der Waals surface area contributed by atoms with E-state index in [1.807, 2.05) is 0 Å². The van der Waals surface area contributed by atoms with Gasteiger partial charge in [-0.25, -0.2) is 9.59 Å². The van der Waals surface area contributed by atoms with E-state index in [1.54, 1.807) is 58.9 Å². The standard InChI is InChI=1S/C17H24ClNO4/c1-11(2)19(15(22)23-16(3,4)5)17(6,14(20)21)12-7-9-13(18)10-8-12/h7-11H,1-6H3,(H,20,21). The Balaban J connectivity index is 3.40. The maximum atomic E-state index is 12.6. The lowest BCUT2D eigenvalue weighted by atomic mass is 9.89. The van der Waals surface area contributed by atoms with E-state index in [0.29, 0.717) is 10.6 Å². The molecule has 0 saturated heterocycles. The van der Waals surface area contributed by atoms with Gasteiger partial charge in [0.25, 0.3) is 0 Å². The number of aliphatic carboxylic acids is 1. The highest BCUT2D eigenvalue weighted by Crippen LogP contribution is 2.33. The number of halogens is 1. The maximum Gasteiger partial charge on any atom is 0.411 e. The Bertz CT molecular complexity index is 577. The van der Waals surface area contributed by atoms with Gasteiger partial charge in [0.05, 0.1) is 0 Å². The fourth-order valence-corrected chi connectivity index (χ4v) is 2.49. The SMILES string of the molecule is CC(C)N(C(=O)OC(C)(C)C)C(C)(C(=O)O)c1ccc(Cl)cc1. The van der Waals surface area contributed by atoms with E-state index in [-0.39, 0.29) is 6.04 Å². The number of ether oxygens (including phenoxy) is 1. The van der Waals surface area contributed by atoms with Crippen molar-refractivity contribution in [1.29, 1.82) is 0 Å². The van der Waals surface area contributed by atoms with Crippen molar-refractivity contribution in [2.45, 2.75) is 58.7 Å². The van der Waals surface area contributed by atoms with E-state index in [4.69, 9.17) is 16.3 Å². The molecule has 0 aliphatic heterocycles. The fraction of sp³-hybridized carbons (Fsp3) is 0.529. The summed E-state index contributed by atoms with van der Waals surface area (Å²) in [7, 11) is 0. The third kappa shape index (κ3) is 4.38. The first-order chi connectivity index (χ1) is 10.4. The van der Waals surface area contributed by atoms with Crippen molar-refractivity contribution in [2.75, 3.05) is 0 Å². The Morgan fingerprint density at radius 3 is 1.96 bits per heavy atom. The second-order valence-corrected chi connectivity index (χ2v) is 7.26. The molecule has 6 heteroatoms. The van der Waals surface area contributed by atoms with Crippen LogP contribution >= 0.6 is 11.6 Å². The number of carboxylic acids is 1. The summed E-state index contributed by atoms with van der Waals surface area (Å²) in [5.74, 6) is -1.14. The minimum Gasteiger partial charge on any atom is -0.479 e. The summed E-state index contributed by atoms with van der Waals surface area (Å²) in [4.78, 5) is 25.9. The number of hydrogen-bond donors (Lipinski definition) is 1. The van der Waals surface area contributed by atoms with Crippen molar-refractivity contribution in [3.63, 3.8) is 0 Å². The van der Waals surface area contributed by atoms with E-state index < -0.39 is 23.2 Å². The first-order valence-corrected chi connectivity index (χ1v) is 7.79. The van der Waals surface area contributed by atoms with Crippen LogP contribution in [0.4, 0.5) is 4.79 Å². The number of amides is 1. The van der Waals surface area contributed by atoms with Crippen molar-refractivity contribution >= 4 is 23.7 Å². The molecule has 1 amide bonds. The molecule has 1 unspecified atom stereocenters. The van der Waals surface area contributed by atoms with Crippen molar-refractivity contribution in [1.82, 2.24) is 4.90 Å². The van der Waals surface area contributed by atoms with Crippen LogP contribution < -0.4 is 0 Å². The van der Waals surface area contributed by atoms with Gasteiger partial charge in [0, 0.05) is 11.1 Å². The number of carbonyl (C=O) groups excluding carboxylic acids is 1. The first kappa shape index (κ1) is 19.3. The highest BCUT2D eigenvalue weighted by Gasteiger charge is 2.47. The van der Waals surface area contributed by atoms with E-state index >= 15 is 0 Å². The molecule has 0 bridgehead atoms. The highest BCUT2D eigenvalue weighted by atomic mass is 35.5. The summed E-state index contributed by atoms with van der Waals surface area (Å²) < 4.78 is 5.40. The van der Waals surface area contributed by atoms with E-state index in [1.165, 1.54) is 11.8 Å². The van der Waals surface area contributed by atoms with Gasteiger partial charge in [-0.1, -0.05) is 23.7 Å². The second kappa shape index (κ2) is 6.79. The molecular weight excluding hydrogens is 318 g/mol. The third-order valence-corrected chi connectivity index (χ3v) is 3.66. The molecule has 0 aromatic heterocycles. The Labute approximate surface area is 142 Å². The zero-order chi connectivity index (χ0) is 18.0. The van der Waals surface area contributed by atoms with Gasteiger partial charge in [-0.3, -0.25) is 4.90 Å². The Morgan fingerprint density at radius 1 is 1.13 bits per heavy atom. The molecule has 0 heterocycles. The molecule has 1 N–H and O–H groups in total. The van der Waals surface area contributed by atoms with Crippen molar-refractivity contribution < 1.29 is 19.4 Å². The summed E-state index contributed by atoms with van der Waals surface area (Å²) in [6.07, 6.45) is -0.674. The minimum absolute atomic E-state index is 0.373. The molecule has 128 valence electrons. The second-order valence-electron chi connectivity index (χ2n) is 6.83. The summed E-state index contributed by atoms with van der Waals surface area (Å²) in [5, 5.41) is 10.3. The predicted octanol–water partition coefficient (Wildman–Crippen LogP) is 4.29. The molecule has 1 rings (SSSR count). The van der Waals surface area contributed by atoms with Crippen molar-refractivity contribution in [3.8, 4) is 0 Å². The van der Waals surface area contributed by atoms with Crippen LogP contribution in [0.2, 0.25) is 5.02 Å². The molecule has 1 atom stereocenters. The largest absolute Gasteiger partial charge is 0.479 e. The topological polar surface area (TPSA) is 66.8 Å². The summed E-state index contributed by atoms with van der Waals surface area (Å²) in [6.45, 7) is 10.2. The zero-order valence-corrected chi connectivity index (χ0v) is 15.1. The predicted molar refractivity (Wildman–Crippen MR) is 89.6 cm³/mol. The van der Waals surface area contributed by atoms with Crippen LogP contribution in [-0.2, 0) is 15.1 Å². The third-order valence-electron chi connectivity index (χ3n) is 3.41. The number of carbonyl (C=O) groups is 2. The number of hydrogen-bond acceptors (Lipinski definition) is 3. The molecule has 0 aliphatic rings. The van der Waals surface area contributed by atoms with Gasteiger partial charge >= 0.3 is 12.1 Å². The van der Waals surface area contributed by atoms with Gasteiger partial charge in [0.15, 0.2) is 5.54 Å². The Hall–Kier alpha value is -1.75. The average molecular weight is 342 g/mol. The fourth-order valence-electron chi connectivity index (χ4n) is 2.36. The molecule has 0 radical (unpaired) electrons. The Morgan fingerprint density at radius 2 is 1.61 bits per heavy atom. The normalized spacial score (nSPS) is 14.3. The van der Waals surface area contributed by atoms with Crippen LogP contribution in [0.1, 0.15) is 47.1 Å². The molecule has 23 heavy (non-hydrogen) atoms. The number of rotatable bonds is 4. The molecule has 0 fully saturated rings. The summed E-state index contributed by atoms with van der Waals surface area (Å²) >= 11 is 5.88. The summed E-state index contributed by atoms with van der Waals surface area (Å²) in [6, 6.07) is 6.05. The minimum atomic E-state index is -1.57. The van der Waals surface area contributed by atoms with Crippen LogP contribution in [0.3, 0.4) is 0 Å². The first-order valence-electron chi connectivity index (χ1n) is 7.41. The van der Waals surface area contributed by atoms with Crippen LogP contribution in [0.5, 0.6) is 0 Å². The highest BCUT2D eigenvalue weighted by molar-refractivity contribution is 6.30. The smallest absolute Gasteiger partial charge is 0.411 e. The zero-order valence-electron chi connectivity index (χ0n) is 14.4. The van der Waals surface area contributed by atoms with Gasteiger partial charge in [-0.2, -0.15) is 0 Å². The lowest BCUT2D eigenvalue weighted by Crippen LogP contribution is -2.56. The van der Waals surface area contributed by atoms with Crippen LogP contribution in [0.15, 0.2) is 24.3 Å². The quantitative estimate of drug-likeness (QED) is 0.887. The molecule has 0 saturated carbocycles. The lowest BCUT2D eigenvalue weighted by Gasteiger charge is -2.41. The number of nitrogens with zero attached hydrogens (tertiary/aromatic N) is 1. The van der Waals surface area contributed by atoms with Gasteiger partial charge in [-0.15, -0.1) is 0 Å². The molecule has 5 nitrogen and oxygen atoms in total. The van der Waals surface area contributed by atoms with Crippen molar-refractivity contribution in [3.05, 3.63) is 34.9 Å². The molecular formula is C17H24ClNO4. The number of carboxylic acid groups (broad SMARTS) is 1. The monoisotopic (exact) mass is 341 g/mol. The van der Waals surface area contributed by atoms with E-state index in [0.717, 1.165) is 0 Å². The Kier molecular flexibility index (Phi) is 5.69. The maximum absolute atomic E-state index is 12.6. The van der Waals surface area contributed by atoms with E-state index in [9.17, 15) is 14.7 Å². The molecule has 0 aliphatic carbocycles. The van der Waals surface area contributed by atoms with E-state index in [2.05, 4.69) is 0 Å². The molecule has 1 aromatic carbocycles. The average Bonchev–Trinajstić information content (AvgIpc) is 2.36. The van der Waals surface area contributed by atoms with Crippen LogP contribution in [0, 0.1) is 0 Å². The molecule has 1 aromatic rings. The van der Waals surface area contributed by atoms with Crippen LogP contribution in [-0.4, -0.2) is 33.7 Å². The summed E-state index contributed by atoms with van der Waals surface area (Å²) in [5.41, 5.74) is -1.83. The van der Waals surface area contributed by atoms with Gasteiger partial charge in [0.1, 0.15) is 5.60 Å². The van der Waals surface area contributed by atoms with Crippen molar-refractivity contribution in [2.24, 2.45) is 0 Å². The molecule has 0 spiro atoms.